The van der Waals surface area contributed by atoms with Gasteiger partial charge in [0.05, 0.1) is 6.20 Å². The van der Waals surface area contributed by atoms with Crippen molar-refractivity contribution in [2.75, 3.05) is 0 Å². The number of piperidine rings is 2. The van der Waals surface area contributed by atoms with E-state index in [0.717, 1.165) is 31.5 Å². The maximum Gasteiger partial charge on any atom is 0.143 e. The average Bonchev–Trinajstić information content (AvgIpc) is 2.43. The molecule has 0 aromatic heterocycles. The highest BCUT2D eigenvalue weighted by Crippen LogP contribution is 2.30. The van der Waals surface area contributed by atoms with Crippen LogP contribution in [0.3, 0.4) is 0 Å². The second-order valence-corrected chi connectivity index (χ2v) is 12.0. The van der Waals surface area contributed by atoms with Crippen molar-refractivity contribution in [1.82, 2.24) is 26.3 Å². The van der Waals surface area contributed by atoms with E-state index in [-0.39, 0.29) is 28.3 Å². The summed E-state index contributed by atoms with van der Waals surface area (Å²) in [6.07, 6.45) is 7.99. The SMILES string of the molecule is CC1(C)CC(NC2=CN(N)C(NC3CC(C)(C)NC(C)(C)C3)C=N2)CC(C)(C)N1. The zero-order valence-corrected chi connectivity index (χ0v) is 19.7. The molecule has 0 bridgehead atoms. The van der Waals surface area contributed by atoms with Gasteiger partial charge < -0.3 is 16.0 Å². The van der Waals surface area contributed by atoms with Gasteiger partial charge in [-0.25, -0.2) is 10.8 Å². The summed E-state index contributed by atoms with van der Waals surface area (Å²) in [6, 6.07) is 0.756. The number of rotatable bonds is 4. The first-order valence-corrected chi connectivity index (χ1v) is 11.0. The Hall–Kier alpha value is -1.15. The maximum absolute atomic E-state index is 6.37. The standard InChI is InChI=1S/C22H43N7/c1-19(2)9-15(10-20(3,4)27-19)25-17-14-29(23)18(13-24-17)26-16-11-21(5,6)28-22(7,8)12-16/h13-16,18,25-28H,9-12,23H2,1-8H3. The van der Waals surface area contributed by atoms with Crippen molar-refractivity contribution >= 4 is 6.21 Å². The van der Waals surface area contributed by atoms with Crippen molar-refractivity contribution in [2.24, 2.45) is 10.8 Å². The van der Waals surface area contributed by atoms with Crippen LogP contribution in [0.15, 0.2) is 17.0 Å². The van der Waals surface area contributed by atoms with Crippen molar-refractivity contribution in [1.29, 1.82) is 0 Å². The summed E-state index contributed by atoms with van der Waals surface area (Å²) < 4.78 is 0. The number of hydrogen-bond acceptors (Lipinski definition) is 7. The van der Waals surface area contributed by atoms with Gasteiger partial charge in [0.15, 0.2) is 0 Å². The summed E-state index contributed by atoms with van der Waals surface area (Å²) in [5, 5.41) is 16.5. The lowest BCUT2D eigenvalue weighted by Crippen LogP contribution is -2.64. The van der Waals surface area contributed by atoms with Crippen LogP contribution in [0.5, 0.6) is 0 Å². The molecule has 0 amide bonds. The number of nitrogens with zero attached hydrogens (tertiary/aromatic N) is 2. The summed E-state index contributed by atoms with van der Waals surface area (Å²) in [7, 11) is 0. The Balaban J connectivity index is 1.59. The molecule has 29 heavy (non-hydrogen) atoms. The first kappa shape index (κ1) is 22.5. The van der Waals surface area contributed by atoms with Crippen LogP contribution in [0, 0.1) is 0 Å². The van der Waals surface area contributed by atoms with E-state index in [0.29, 0.717) is 12.1 Å². The van der Waals surface area contributed by atoms with E-state index in [1.165, 1.54) is 0 Å². The van der Waals surface area contributed by atoms with Gasteiger partial charge in [-0.15, -0.1) is 0 Å². The largest absolute Gasteiger partial charge is 0.366 e. The Bertz CT molecular complexity index is 630. The second-order valence-electron chi connectivity index (χ2n) is 12.0. The first-order valence-electron chi connectivity index (χ1n) is 11.0. The Morgan fingerprint density at radius 2 is 1.31 bits per heavy atom. The van der Waals surface area contributed by atoms with Gasteiger partial charge in [-0.1, -0.05) is 0 Å². The monoisotopic (exact) mass is 405 g/mol. The maximum atomic E-state index is 6.37. The smallest absolute Gasteiger partial charge is 0.143 e. The number of aliphatic imine (C=N–C) groups is 1. The minimum absolute atomic E-state index is 0.0869. The van der Waals surface area contributed by atoms with E-state index in [1.807, 2.05) is 12.4 Å². The third kappa shape index (κ3) is 6.17. The lowest BCUT2D eigenvalue weighted by molar-refractivity contribution is 0.128. The van der Waals surface area contributed by atoms with Gasteiger partial charge in [-0.2, -0.15) is 0 Å². The van der Waals surface area contributed by atoms with Gasteiger partial charge in [0.1, 0.15) is 12.0 Å². The number of hydrogen-bond donors (Lipinski definition) is 5. The van der Waals surface area contributed by atoms with Crippen LogP contribution in [0.4, 0.5) is 0 Å². The molecule has 0 aromatic carbocycles. The third-order valence-corrected chi connectivity index (χ3v) is 6.09. The fourth-order valence-electron chi connectivity index (χ4n) is 6.00. The van der Waals surface area contributed by atoms with E-state index in [2.05, 4.69) is 76.7 Å². The molecule has 3 aliphatic rings. The van der Waals surface area contributed by atoms with Gasteiger partial charge in [0, 0.05) is 40.5 Å². The molecule has 3 heterocycles. The zero-order chi connectivity index (χ0) is 21.7. The molecule has 1 unspecified atom stereocenters. The summed E-state index contributed by atoms with van der Waals surface area (Å²) in [5.41, 5.74) is 0.391. The van der Waals surface area contributed by atoms with Gasteiger partial charge in [-0.05, 0) is 81.1 Å². The van der Waals surface area contributed by atoms with E-state index in [9.17, 15) is 0 Å². The number of nitrogens with one attached hydrogen (secondary N) is 4. The molecule has 6 N–H and O–H groups in total. The lowest BCUT2D eigenvalue weighted by atomic mass is 9.79. The van der Waals surface area contributed by atoms with Crippen LogP contribution in [-0.2, 0) is 0 Å². The van der Waals surface area contributed by atoms with Gasteiger partial charge in [0.2, 0.25) is 0 Å². The van der Waals surface area contributed by atoms with Gasteiger partial charge in [0.25, 0.3) is 0 Å². The molecule has 3 rings (SSSR count). The highest BCUT2D eigenvalue weighted by molar-refractivity contribution is 5.66. The van der Waals surface area contributed by atoms with E-state index >= 15 is 0 Å². The fraction of sp³-hybridized carbons (Fsp3) is 0.864. The van der Waals surface area contributed by atoms with E-state index < -0.39 is 0 Å². The fourth-order valence-corrected chi connectivity index (χ4v) is 6.00. The third-order valence-electron chi connectivity index (χ3n) is 6.09. The molecule has 166 valence electrons. The van der Waals surface area contributed by atoms with E-state index in [4.69, 9.17) is 10.8 Å². The van der Waals surface area contributed by atoms with Gasteiger partial charge >= 0.3 is 0 Å². The van der Waals surface area contributed by atoms with Crippen LogP contribution in [0.1, 0.15) is 81.1 Å². The number of nitrogens with two attached hydrogens (primary N) is 1. The molecule has 0 aromatic rings. The Morgan fingerprint density at radius 3 is 1.76 bits per heavy atom. The Morgan fingerprint density at radius 1 is 0.862 bits per heavy atom. The van der Waals surface area contributed by atoms with Crippen LogP contribution < -0.4 is 27.1 Å². The van der Waals surface area contributed by atoms with Crippen LogP contribution >= 0.6 is 0 Å². The van der Waals surface area contributed by atoms with Crippen LogP contribution in [0.2, 0.25) is 0 Å². The second kappa shape index (κ2) is 7.52. The summed E-state index contributed by atoms with van der Waals surface area (Å²) >= 11 is 0. The predicted octanol–water partition coefficient (Wildman–Crippen LogP) is 2.17. The molecular formula is C22H43N7. The molecule has 1 atom stereocenters. The van der Waals surface area contributed by atoms with Crippen molar-refractivity contribution in [2.45, 2.75) is 121 Å². The lowest BCUT2D eigenvalue weighted by Gasteiger charge is -2.48. The minimum atomic E-state index is -0.0869. The molecule has 2 fully saturated rings. The normalized spacial score (nSPS) is 31.4. The molecule has 0 aliphatic carbocycles. The molecule has 2 saturated heterocycles. The molecule has 7 nitrogen and oxygen atoms in total. The van der Waals surface area contributed by atoms with Crippen molar-refractivity contribution < 1.29 is 0 Å². The van der Waals surface area contributed by atoms with Crippen molar-refractivity contribution in [3.05, 3.63) is 12.0 Å². The predicted molar refractivity (Wildman–Crippen MR) is 121 cm³/mol. The summed E-state index contributed by atoms with van der Waals surface area (Å²) in [4.78, 5) is 4.69. The Labute approximate surface area is 177 Å². The first-order chi connectivity index (χ1) is 13.1. The highest BCUT2D eigenvalue weighted by Gasteiger charge is 2.39. The zero-order valence-electron chi connectivity index (χ0n) is 19.7. The minimum Gasteiger partial charge on any atom is -0.366 e. The molecule has 0 saturated carbocycles. The van der Waals surface area contributed by atoms with Crippen LogP contribution in [0.25, 0.3) is 0 Å². The Kier molecular flexibility index (Phi) is 5.84. The van der Waals surface area contributed by atoms with Crippen molar-refractivity contribution in [3.63, 3.8) is 0 Å². The summed E-state index contributed by atoms with van der Waals surface area (Å²) in [5.74, 6) is 7.21. The molecular weight excluding hydrogens is 362 g/mol. The molecule has 7 heteroatoms. The topological polar surface area (TPSA) is 89.7 Å². The molecule has 0 radical (unpaired) electrons. The summed E-state index contributed by atoms with van der Waals surface area (Å²) in [6.45, 7) is 18.1. The molecule has 3 aliphatic heterocycles. The molecule has 0 spiro atoms. The highest BCUT2D eigenvalue weighted by atomic mass is 15.5. The van der Waals surface area contributed by atoms with E-state index in [1.54, 1.807) is 5.01 Å². The van der Waals surface area contributed by atoms with Crippen LogP contribution in [-0.4, -0.2) is 51.6 Å². The quantitative estimate of drug-likeness (QED) is 0.461. The van der Waals surface area contributed by atoms with Crippen molar-refractivity contribution in [3.8, 4) is 0 Å². The number of hydrazine groups is 1. The van der Waals surface area contributed by atoms with Gasteiger partial charge in [-0.3, -0.25) is 10.3 Å². The average molecular weight is 406 g/mol.